The van der Waals surface area contributed by atoms with Crippen molar-refractivity contribution in [1.29, 1.82) is 0 Å². The van der Waals surface area contributed by atoms with Gasteiger partial charge < -0.3 is 5.11 Å². The van der Waals surface area contributed by atoms with Gasteiger partial charge in [-0.15, -0.1) is 11.3 Å². The van der Waals surface area contributed by atoms with Gasteiger partial charge in [0.1, 0.15) is 0 Å². The number of unbranched alkanes of at least 4 members (excludes halogenated alkanes) is 7. The summed E-state index contributed by atoms with van der Waals surface area (Å²) >= 11 is 1.68. The Morgan fingerprint density at radius 1 is 1.05 bits per heavy atom. The molecule has 0 aliphatic carbocycles. The molecule has 19 heavy (non-hydrogen) atoms. The lowest BCUT2D eigenvalue weighted by molar-refractivity contribution is 0.0480. The second-order valence-electron chi connectivity index (χ2n) is 5.93. The fourth-order valence-electron chi connectivity index (χ4n) is 2.64. The highest BCUT2D eigenvalue weighted by molar-refractivity contribution is 7.10. The van der Waals surface area contributed by atoms with Gasteiger partial charge in [0.15, 0.2) is 0 Å². The normalized spacial score (nSPS) is 14.5. The van der Waals surface area contributed by atoms with Crippen molar-refractivity contribution in [2.45, 2.75) is 84.2 Å². The Kier molecular flexibility index (Phi) is 7.70. The van der Waals surface area contributed by atoms with Crippen molar-refractivity contribution in [3.63, 3.8) is 0 Å². The van der Waals surface area contributed by atoms with Crippen molar-refractivity contribution >= 4 is 11.3 Å². The fraction of sp³-hybridized carbons (Fsp3) is 0.765. The van der Waals surface area contributed by atoms with Crippen LogP contribution in [0.1, 0.15) is 82.1 Å². The molecule has 1 aromatic rings. The van der Waals surface area contributed by atoms with Gasteiger partial charge in [-0.1, -0.05) is 58.3 Å². The fourth-order valence-corrected chi connectivity index (χ4v) is 3.66. The number of rotatable bonds is 10. The van der Waals surface area contributed by atoms with Crippen molar-refractivity contribution in [2.75, 3.05) is 0 Å². The molecule has 0 spiro atoms. The summed E-state index contributed by atoms with van der Waals surface area (Å²) in [5, 5.41) is 12.6. The summed E-state index contributed by atoms with van der Waals surface area (Å²) in [6.45, 7) is 6.32. The number of hydrogen-bond donors (Lipinski definition) is 1. The molecular formula is C17H30OS. The molecule has 1 nitrogen and oxygen atoms in total. The molecule has 2 heteroatoms. The lowest BCUT2D eigenvalue weighted by atomic mass is 9.94. The Morgan fingerprint density at radius 2 is 1.63 bits per heavy atom. The van der Waals surface area contributed by atoms with Gasteiger partial charge in [-0.2, -0.15) is 0 Å². The molecule has 0 amide bonds. The molecule has 1 unspecified atom stereocenters. The maximum Gasteiger partial charge on any atom is 0.0962 e. The average molecular weight is 282 g/mol. The maximum absolute atomic E-state index is 10.5. The number of aryl methyl sites for hydroxylation is 1. The molecule has 110 valence electrons. The van der Waals surface area contributed by atoms with Crippen LogP contribution in [0.15, 0.2) is 11.4 Å². The predicted molar refractivity (Wildman–Crippen MR) is 85.9 cm³/mol. The second kappa shape index (κ2) is 8.76. The first kappa shape index (κ1) is 16.7. The van der Waals surface area contributed by atoms with Crippen LogP contribution in [-0.2, 0) is 5.60 Å². The lowest BCUT2D eigenvalue weighted by Gasteiger charge is -2.23. The van der Waals surface area contributed by atoms with Gasteiger partial charge in [0, 0.05) is 4.88 Å². The van der Waals surface area contributed by atoms with Crippen LogP contribution in [0.25, 0.3) is 0 Å². The van der Waals surface area contributed by atoms with Crippen molar-refractivity contribution in [3.05, 3.63) is 21.9 Å². The minimum Gasteiger partial charge on any atom is -0.385 e. The van der Waals surface area contributed by atoms with Crippen LogP contribution in [0.2, 0.25) is 0 Å². The third kappa shape index (κ3) is 6.09. The first-order valence-corrected chi connectivity index (χ1v) is 8.73. The summed E-state index contributed by atoms with van der Waals surface area (Å²) in [5.74, 6) is 0. The molecule has 0 bridgehead atoms. The van der Waals surface area contributed by atoms with Gasteiger partial charge in [-0.25, -0.2) is 0 Å². The molecule has 1 rings (SSSR count). The maximum atomic E-state index is 10.5. The van der Waals surface area contributed by atoms with Crippen LogP contribution >= 0.6 is 11.3 Å². The lowest BCUT2D eigenvalue weighted by Crippen LogP contribution is -2.20. The van der Waals surface area contributed by atoms with Crippen LogP contribution in [0.5, 0.6) is 0 Å². The van der Waals surface area contributed by atoms with Crippen LogP contribution in [0.4, 0.5) is 0 Å². The summed E-state index contributed by atoms with van der Waals surface area (Å²) in [6, 6.07) is 2.10. The Balaban J connectivity index is 2.13. The topological polar surface area (TPSA) is 20.2 Å². The van der Waals surface area contributed by atoms with Gasteiger partial charge >= 0.3 is 0 Å². The van der Waals surface area contributed by atoms with Crippen molar-refractivity contribution in [1.82, 2.24) is 0 Å². The predicted octanol–water partition coefficient (Wildman–Crippen LogP) is 5.79. The van der Waals surface area contributed by atoms with E-state index in [0.717, 1.165) is 17.7 Å². The first-order valence-electron chi connectivity index (χ1n) is 7.85. The summed E-state index contributed by atoms with van der Waals surface area (Å²) in [5.41, 5.74) is 0.607. The van der Waals surface area contributed by atoms with Crippen molar-refractivity contribution in [3.8, 4) is 0 Å². The minimum absolute atomic E-state index is 0.625. The van der Waals surface area contributed by atoms with Gasteiger partial charge in [-0.3, -0.25) is 0 Å². The van der Waals surface area contributed by atoms with Gasteiger partial charge in [0.05, 0.1) is 5.60 Å². The van der Waals surface area contributed by atoms with Crippen molar-refractivity contribution < 1.29 is 5.11 Å². The highest BCUT2D eigenvalue weighted by atomic mass is 32.1. The largest absolute Gasteiger partial charge is 0.385 e. The van der Waals surface area contributed by atoms with Crippen LogP contribution < -0.4 is 0 Å². The third-order valence-corrected chi connectivity index (χ3v) is 5.14. The van der Waals surface area contributed by atoms with E-state index >= 15 is 0 Å². The first-order chi connectivity index (χ1) is 9.08. The second-order valence-corrected chi connectivity index (χ2v) is 6.85. The van der Waals surface area contributed by atoms with E-state index in [1.165, 1.54) is 50.5 Å². The molecular weight excluding hydrogens is 252 g/mol. The Labute approximate surface area is 123 Å². The zero-order valence-corrected chi connectivity index (χ0v) is 13.7. The Hall–Kier alpha value is -0.340. The van der Waals surface area contributed by atoms with E-state index in [0.29, 0.717) is 0 Å². The van der Waals surface area contributed by atoms with E-state index < -0.39 is 5.60 Å². The summed E-state index contributed by atoms with van der Waals surface area (Å²) < 4.78 is 0. The SMILES string of the molecule is CCCCCCCCCCC(C)(O)c1sccc1C. The number of aliphatic hydroxyl groups is 1. The zero-order chi connectivity index (χ0) is 14.1. The highest BCUT2D eigenvalue weighted by Gasteiger charge is 2.25. The summed E-state index contributed by atoms with van der Waals surface area (Å²) in [7, 11) is 0. The van der Waals surface area contributed by atoms with Gasteiger partial charge in [-0.05, 0) is 37.3 Å². The standard InChI is InChI=1S/C17H30OS/c1-4-5-6-7-8-9-10-11-13-17(3,18)16-15(2)12-14-19-16/h12,14,18H,4-11,13H2,1-3H3. The van der Waals surface area contributed by atoms with Crippen LogP contribution in [-0.4, -0.2) is 5.11 Å². The van der Waals surface area contributed by atoms with E-state index in [1.807, 2.05) is 6.92 Å². The quantitative estimate of drug-likeness (QED) is 0.538. The molecule has 1 heterocycles. The molecule has 0 saturated carbocycles. The monoisotopic (exact) mass is 282 g/mol. The summed E-state index contributed by atoms with van der Waals surface area (Å²) in [4.78, 5) is 1.15. The molecule has 0 fully saturated rings. The Bertz CT molecular complexity index is 341. The van der Waals surface area contributed by atoms with Gasteiger partial charge in [0.2, 0.25) is 0 Å². The number of thiophene rings is 1. The summed E-state index contributed by atoms with van der Waals surface area (Å²) in [6.07, 6.45) is 11.4. The van der Waals surface area contributed by atoms with E-state index in [9.17, 15) is 5.11 Å². The Morgan fingerprint density at radius 3 is 2.16 bits per heavy atom. The van der Waals surface area contributed by atoms with E-state index in [4.69, 9.17) is 0 Å². The van der Waals surface area contributed by atoms with E-state index in [-0.39, 0.29) is 0 Å². The zero-order valence-electron chi connectivity index (χ0n) is 12.9. The molecule has 1 atom stereocenters. The molecule has 0 aromatic carbocycles. The highest BCUT2D eigenvalue weighted by Crippen LogP contribution is 2.33. The third-order valence-electron chi connectivity index (χ3n) is 3.87. The van der Waals surface area contributed by atoms with E-state index in [1.54, 1.807) is 11.3 Å². The number of hydrogen-bond acceptors (Lipinski definition) is 2. The van der Waals surface area contributed by atoms with Crippen LogP contribution in [0.3, 0.4) is 0 Å². The smallest absolute Gasteiger partial charge is 0.0962 e. The molecule has 0 aliphatic heterocycles. The molecule has 0 saturated heterocycles. The molecule has 0 aliphatic rings. The minimum atomic E-state index is -0.625. The van der Waals surface area contributed by atoms with Crippen molar-refractivity contribution in [2.24, 2.45) is 0 Å². The molecule has 1 N–H and O–H groups in total. The van der Waals surface area contributed by atoms with E-state index in [2.05, 4.69) is 25.3 Å². The average Bonchev–Trinajstić information content (AvgIpc) is 2.80. The van der Waals surface area contributed by atoms with Gasteiger partial charge in [0.25, 0.3) is 0 Å². The van der Waals surface area contributed by atoms with Crippen LogP contribution in [0, 0.1) is 6.92 Å². The molecule has 0 radical (unpaired) electrons. The molecule has 1 aromatic heterocycles.